The third-order valence-corrected chi connectivity index (χ3v) is 5.55. The molecule has 0 atom stereocenters. The number of benzene rings is 2. The molecule has 0 unspecified atom stereocenters. The Labute approximate surface area is 205 Å². The third kappa shape index (κ3) is 5.32. The van der Waals surface area contributed by atoms with E-state index >= 15 is 0 Å². The lowest BCUT2D eigenvalue weighted by molar-refractivity contribution is -0.384. The number of carbonyl (C=O) groups excluding carboxylic acids is 1. The van der Waals surface area contributed by atoms with Gasteiger partial charge in [-0.2, -0.15) is 5.10 Å². The van der Waals surface area contributed by atoms with Gasteiger partial charge in [-0.1, -0.05) is 18.2 Å². The maximum absolute atomic E-state index is 12.9. The molecule has 2 aromatic heterocycles. The van der Waals surface area contributed by atoms with E-state index in [4.69, 9.17) is 9.47 Å². The molecule has 0 saturated heterocycles. The van der Waals surface area contributed by atoms with Crippen LogP contribution in [-0.4, -0.2) is 50.9 Å². The third-order valence-electron chi connectivity index (χ3n) is 5.55. The van der Waals surface area contributed by atoms with Crippen molar-refractivity contribution in [2.45, 2.75) is 19.5 Å². The van der Waals surface area contributed by atoms with E-state index in [2.05, 4.69) is 15.4 Å². The van der Waals surface area contributed by atoms with Crippen LogP contribution in [0.4, 0.5) is 5.69 Å². The zero-order chi connectivity index (χ0) is 25.7. The Balaban J connectivity index is 1.39. The lowest BCUT2D eigenvalue weighted by atomic mass is 10.1. The molecule has 186 valence electrons. The summed E-state index contributed by atoms with van der Waals surface area (Å²) < 4.78 is 13.4. The van der Waals surface area contributed by atoms with Crippen LogP contribution in [0.2, 0.25) is 0 Å². The van der Waals surface area contributed by atoms with Crippen molar-refractivity contribution in [3.8, 4) is 11.5 Å². The molecule has 0 aliphatic carbocycles. The lowest BCUT2D eigenvalue weighted by Crippen LogP contribution is -2.29. The molecule has 4 rings (SSSR count). The Morgan fingerprint density at radius 3 is 2.67 bits per heavy atom. The van der Waals surface area contributed by atoms with Crippen LogP contribution in [0.1, 0.15) is 11.1 Å². The first kappa shape index (κ1) is 24.4. The van der Waals surface area contributed by atoms with Gasteiger partial charge in [0.05, 0.1) is 44.9 Å². The molecule has 4 aromatic rings. The molecule has 1 N–H and O–H groups in total. The van der Waals surface area contributed by atoms with Gasteiger partial charge in [0.25, 0.3) is 11.2 Å². The van der Waals surface area contributed by atoms with Crippen LogP contribution in [0.5, 0.6) is 11.5 Å². The summed E-state index contributed by atoms with van der Waals surface area (Å²) in [5, 5.41) is 18.4. The molecule has 0 bridgehead atoms. The summed E-state index contributed by atoms with van der Waals surface area (Å²) in [5.41, 5.74) is 1.42. The molecule has 12 heteroatoms. The monoisotopic (exact) mass is 492 g/mol. The Morgan fingerprint density at radius 1 is 1.11 bits per heavy atom. The SMILES string of the molecule is COc1ccc(CC(=O)NCCn2ncc3c(=O)n(Cc4cccc([N+](=O)[O-])c4)cnc32)cc1OC. The number of fused-ring (bicyclic) bond motifs is 1. The number of non-ortho nitro benzene ring substituents is 1. The van der Waals surface area contributed by atoms with Gasteiger partial charge in [0, 0.05) is 18.7 Å². The molecule has 0 saturated carbocycles. The number of nitro benzene ring substituents is 1. The van der Waals surface area contributed by atoms with E-state index in [-0.39, 0.29) is 30.1 Å². The predicted molar refractivity (Wildman–Crippen MR) is 130 cm³/mol. The van der Waals surface area contributed by atoms with Crippen molar-refractivity contribution in [3.05, 3.63) is 86.6 Å². The highest BCUT2D eigenvalue weighted by Gasteiger charge is 2.13. The van der Waals surface area contributed by atoms with Gasteiger partial charge in [-0.05, 0) is 23.3 Å². The van der Waals surface area contributed by atoms with Crippen molar-refractivity contribution in [2.24, 2.45) is 0 Å². The fourth-order valence-corrected chi connectivity index (χ4v) is 3.78. The largest absolute Gasteiger partial charge is 0.493 e. The van der Waals surface area contributed by atoms with Crippen LogP contribution >= 0.6 is 0 Å². The smallest absolute Gasteiger partial charge is 0.269 e. The van der Waals surface area contributed by atoms with E-state index in [0.717, 1.165) is 5.56 Å². The van der Waals surface area contributed by atoms with E-state index in [1.54, 1.807) is 42.1 Å². The molecule has 12 nitrogen and oxygen atoms in total. The highest BCUT2D eigenvalue weighted by molar-refractivity contribution is 5.78. The van der Waals surface area contributed by atoms with Gasteiger partial charge in [0.1, 0.15) is 11.7 Å². The van der Waals surface area contributed by atoms with Crippen molar-refractivity contribution >= 4 is 22.6 Å². The fraction of sp³-hybridized carbons (Fsp3) is 0.250. The maximum Gasteiger partial charge on any atom is 0.269 e. The second-order valence-corrected chi connectivity index (χ2v) is 7.93. The van der Waals surface area contributed by atoms with Crippen LogP contribution in [0, 0.1) is 10.1 Å². The van der Waals surface area contributed by atoms with Crippen molar-refractivity contribution in [1.29, 1.82) is 0 Å². The van der Waals surface area contributed by atoms with Gasteiger partial charge in [0.15, 0.2) is 17.1 Å². The molecule has 2 aromatic carbocycles. The number of carbonyl (C=O) groups is 1. The number of hydrogen-bond donors (Lipinski definition) is 1. The minimum absolute atomic E-state index is 0.0458. The van der Waals surface area contributed by atoms with Crippen LogP contribution < -0.4 is 20.3 Å². The van der Waals surface area contributed by atoms with E-state index in [1.807, 2.05) is 0 Å². The number of nitro groups is 1. The van der Waals surface area contributed by atoms with Crippen LogP contribution in [0.15, 0.2) is 59.8 Å². The van der Waals surface area contributed by atoms with Crippen molar-refractivity contribution in [1.82, 2.24) is 24.6 Å². The first-order chi connectivity index (χ1) is 17.4. The molecule has 2 heterocycles. The number of aromatic nitrogens is 4. The first-order valence-electron chi connectivity index (χ1n) is 11.0. The molecular weight excluding hydrogens is 468 g/mol. The van der Waals surface area contributed by atoms with Gasteiger partial charge in [-0.25, -0.2) is 9.67 Å². The summed E-state index contributed by atoms with van der Waals surface area (Å²) in [7, 11) is 3.08. The lowest BCUT2D eigenvalue weighted by Gasteiger charge is -2.10. The van der Waals surface area contributed by atoms with E-state index in [0.29, 0.717) is 41.2 Å². The number of nitrogens with one attached hydrogen (secondary N) is 1. The minimum atomic E-state index is -0.482. The van der Waals surface area contributed by atoms with E-state index in [1.165, 1.54) is 36.3 Å². The molecule has 0 fully saturated rings. The molecule has 1 amide bonds. The van der Waals surface area contributed by atoms with E-state index < -0.39 is 4.92 Å². The van der Waals surface area contributed by atoms with E-state index in [9.17, 15) is 19.7 Å². The second kappa shape index (κ2) is 10.7. The second-order valence-electron chi connectivity index (χ2n) is 7.93. The summed E-state index contributed by atoms with van der Waals surface area (Å²) in [6.45, 7) is 0.755. The van der Waals surface area contributed by atoms with Crippen LogP contribution in [0.25, 0.3) is 11.0 Å². The zero-order valence-corrected chi connectivity index (χ0v) is 19.7. The van der Waals surface area contributed by atoms with Crippen molar-refractivity contribution < 1.29 is 19.2 Å². The average Bonchev–Trinajstić information content (AvgIpc) is 3.29. The number of methoxy groups -OCH3 is 2. The highest BCUT2D eigenvalue weighted by Crippen LogP contribution is 2.27. The summed E-state index contributed by atoms with van der Waals surface area (Å²) in [4.78, 5) is 40.1. The number of amides is 1. The summed E-state index contributed by atoms with van der Waals surface area (Å²) in [5.74, 6) is 0.961. The number of nitrogens with zero attached hydrogens (tertiary/aromatic N) is 5. The topological polar surface area (TPSA) is 143 Å². The summed E-state index contributed by atoms with van der Waals surface area (Å²) >= 11 is 0. The quantitative estimate of drug-likeness (QED) is 0.261. The van der Waals surface area contributed by atoms with Crippen molar-refractivity contribution in [2.75, 3.05) is 20.8 Å². The number of rotatable bonds is 10. The number of hydrogen-bond acceptors (Lipinski definition) is 8. The highest BCUT2D eigenvalue weighted by atomic mass is 16.6. The predicted octanol–water partition coefficient (Wildman–Crippen LogP) is 1.93. The standard InChI is InChI=1S/C24H24N6O6/c1-35-20-7-6-16(11-21(20)36-2)12-22(31)25-8-9-29-23-19(13-27-29)24(32)28(15-26-23)14-17-4-3-5-18(10-17)30(33)34/h3-7,10-11,13,15H,8-9,12,14H2,1-2H3,(H,25,31). The Kier molecular flexibility index (Phi) is 7.23. The molecular formula is C24H24N6O6. The fourth-order valence-electron chi connectivity index (χ4n) is 3.78. The van der Waals surface area contributed by atoms with Gasteiger partial charge in [-0.3, -0.25) is 24.3 Å². The van der Waals surface area contributed by atoms with Crippen LogP contribution in [-0.2, 0) is 24.3 Å². The van der Waals surface area contributed by atoms with Crippen molar-refractivity contribution in [3.63, 3.8) is 0 Å². The molecule has 0 aliphatic heterocycles. The van der Waals surface area contributed by atoms with Gasteiger partial charge < -0.3 is 14.8 Å². The van der Waals surface area contributed by atoms with Gasteiger partial charge in [0.2, 0.25) is 5.91 Å². The Morgan fingerprint density at radius 2 is 1.92 bits per heavy atom. The first-order valence-corrected chi connectivity index (χ1v) is 11.0. The molecule has 0 spiro atoms. The molecule has 0 radical (unpaired) electrons. The average molecular weight is 492 g/mol. The normalized spacial score (nSPS) is 10.8. The summed E-state index contributed by atoms with van der Waals surface area (Å²) in [6.07, 6.45) is 2.98. The Hall–Kier alpha value is -4.74. The minimum Gasteiger partial charge on any atom is -0.493 e. The molecule has 0 aliphatic rings. The van der Waals surface area contributed by atoms with Gasteiger partial charge >= 0.3 is 0 Å². The Bertz CT molecular complexity index is 1480. The maximum atomic E-state index is 12.9. The zero-order valence-electron chi connectivity index (χ0n) is 19.7. The summed E-state index contributed by atoms with van der Waals surface area (Å²) in [6, 6.07) is 11.4. The number of ether oxygens (including phenoxy) is 2. The van der Waals surface area contributed by atoms with Gasteiger partial charge in [-0.15, -0.1) is 0 Å². The molecule has 36 heavy (non-hydrogen) atoms. The van der Waals surface area contributed by atoms with Crippen LogP contribution in [0.3, 0.4) is 0 Å².